The van der Waals surface area contributed by atoms with Crippen molar-refractivity contribution in [3.8, 4) is 0 Å². The molecule has 1 atom stereocenters. The van der Waals surface area contributed by atoms with Crippen molar-refractivity contribution in [2.75, 3.05) is 13.1 Å². The van der Waals surface area contributed by atoms with Gasteiger partial charge in [-0.15, -0.1) is 0 Å². The topological polar surface area (TPSA) is 42.2 Å². The predicted octanol–water partition coefficient (Wildman–Crippen LogP) is 3.27. The third-order valence-corrected chi connectivity index (χ3v) is 3.93. The molecule has 4 heteroatoms. The number of para-hydroxylation sites is 1. The lowest BCUT2D eigenvalue weighted by Gasteiger charge is -2.18. The number of Topliss-reactive ketones (excluding diaryl/α,β-unsaturated/α-hetero) is 1. The van der Waals surface area contributed by atoms with E-state index in [0.29, 0.717) is 22.9 Å². The fraction of sp³-hybridized carbons (Fsp3) is 0.357. The Hall–Kier alpha value is -1.32. The van der Waals surface area contributed by atoms with Crippen LogP contribution in [0.2, 0.25) is 5.02 Å². The normalized spacial score (nSPS) is 23.7. The van der Waals surface area contributed by atoms with Gasteiger partial charge in [0.15, 0.2) is 11.3 Å². The monoisotopic (exact) mass is 263 g/mol. The minimum atomic E-state index is -0.361. The third-order valence-electron chi connectivity index (χ3n) is 3.64. The van der Waals surface area contributed by atoms with E-state index in [4.69, 9.17) is 16.0 Å². The van der Waals surface area contributed by atoms with Crippen LogP contribution in [-0.2, 0) is 0 Å². The van der Waals surface area contributed by atoms with Crippen LogP contribution in [-0.4, -0.2) is 18.9 Å². The van der Waals surface area contributed by atoms with Crippen molar-refractivity contribution < 1.29 is 9.21 Å². The van der Waals surface area contributed by atoms with E-state index >= 15 is 0 Å². The van der Waals surface area contributed by atoms with Gasteiger partial charge in [0.25, 0.3) is 0 Å². The average molecular weight is 264 g/mol. The number of carbonyl (C=O) groups excluding carboxylic acids is 1. The van der Waals surface area contributed by atoms with E-state index in [1.165, 1.54) is 0 Å². The van der Waals surface area contributed by atoms with E-state index in [-0.39, 0.29) is 11.2 Å². The van der Waals surface area contributed by atoms with Crippen LogP contribution in [0.5, 0.6) is 0 Å². The fourth-order valence-corrected chi connectivity index (χ4v) is 2.67. The molecule has 1 aliphatic heterocycles. The van der Waals surface area contributed by atoms with Gasteiger partial charge in [-0.1, -0.05) is 30.7 Å². The van der Waals surface area contributed by atoms with E-state index < -0.39 is 0 Å². The second-order valence-corrected chi connectivity index (χ2v) is 5.49. The smallest absolute Gasteiger partial charge is 0.205 e. The minimum Gasteiger partial charge on any atom is -0.451 e. The molecule has 3 rings (SSSR count). The van der Waals surface area contributed by atoms with E-state index in [2.05, 4.69) is 5.32 Å². The van der Waals surface area contributed by atoms with Crippen LogP contribution in [0.15, 0.2) is 28.7 Å². The molecule has 1 aromatic carbocycles. The third kappa shape index (κ3) is 1.74. The molecule has 1 unspecified atom stereocenters. The number of rotatable bonds is 2. The molecular formula is C14H14ClNO2. The minimum absolute atomic E-state index is 0.0553. The Morgan fingerprint density at radius 1 is 1.50 bits per heavy atom. The fourth-order valence-electron chi connectivity index (χ4n) is 2.45. The molecule has 18 heavy (non-hydrogen) atoms. The molecule has 0 saturated carbocycles. The van der Waals surface area contributed by atoms with E-state index in [1.54, 1.807) is 12.1 Å². The molecule has 2 heterocycles. The van der Waals surface area contributed by atoms with Gasteiger partial charge in [0.05, 0.1) is 5.02 Å². The summed E-state index contributed by atoms with van der Waals surface area (Å²) in [5, 5.41) is 4.64. The summed E-state index contributed by atoms with van der Waals surface area (Å²) < 4.78 is 5.63. The largest absolute Gasteiger partial charge is 0.451 e. The van der Waals surface area contributed by atoms with Crippen molar-refractivity contribution in [2.24, 2.45) is 5.41 Å². The maximum atomic E-state index is 12.5. The Morgan fingerprint density at radius 3 is 3.00 bits per heavy atom. The highest BCUT2D eigenvalue weighted by Gasteiger charge is 2.38. The van der Waals surface area contributed by atoms with E-state index in [9.17, 15) is 4.79 Å². The van der Waals surface area contributed by atoms with Gasteiger partial charge >= 0.3 is 0 Å². The standard InChI is InChI=1S/C14H14ClNO2/c1-14(5-6-16-8-14)13(17)11-7-9-3-2-4-10(15)12(9)18-11/h2-4,7,16H,5-6,8H2,1H3. The maximum Gasteiger partial charge on any atom is 0.205 e. The maximum absolute atomic E-state index is 12.5. The molecular weight excluding hydrogens is 250 g/mol. The quantitative estimate of drug-likeness (QED) is 0.846. The molecule has 0 bridgehead atoms. The number of carbonyl (C=O) groups is 1. The zero-order valence-corrected chi connectivity index (χ0v) is 10.9. The highest BCUT2D eigenvalue weighted by atomic mass is 35.5. The number of furan rings is 1. The van der Waals surface area contributed by atoms with Crippen molar-refractivity contribution in [1.82, 2.24) is 5.32 Å². The van der Waals surface area contributed by atoms with Gasteiger partial charge < -0.3 is 9.73 Å². The number of hydrogen-bond acceptors (Lipinski definition) is 3. The second kappa shape index (κ2) is 4.11. The lowest BCUT2D eigenvalue weighted by molar-refractivity contribution is 0.0811. The summed E-state index contributed by atoms with van der Waals surface area (Å²) in [4.78, 5) is 12.5. The summed E-state index contributed by atoms with van der Waals surface area (Å²) in [6, 6.07) is 7.30. The molecule has 1 fully saturated rings. The van der Waals surface area contributed by atoms with Crippen molar-refractivity contribution >= 4 is 28.4 Å². The van der Waals surface area contributed by atoms with E-state index in [1.807, 2.05) is 19.1 Å². The molecule has 1 aliphatic rings. The molecule has 3 nitrogen and oxygen atoms in total. The van der Waals surface area contributed by atoms with Gasteiger partial charge in [0.2, 0.25) is 5.78 Å². The average Bonchev–Trinajstić information content (AvgIpc) is 2.96. The van der Waals surface area contributed by atoms with Gasteiger partial charge in [-0.2, -0.15) is 0 Å². The Morgan fingerprint density at radius 2 is 2.33 bits per heavy atom. The van der Waals surface area contributed by atoms with Crippen LogP contribution in [0.3, 0.4) is 0 Å². The van der Waals surface area contributed by atoms with Crippen molar-refractivity contribution in [3.05, 3.63) is 35.0 Å². The first-order chi connectivity index (χ1) is 8.60. The molecule has 2 aromatic rings. The van der Waals surface area contributed by atoms with Crippen molar-refractivity contribution in [2.45, 2.75) is 13.3 Å². The van der Waals surface area contributed by atoms with Gasteiger partial charge in [0.1, 0.15) is 0 Å². The molecule has 0 amide bonds. The van der Waals surface area contributed by atoms with Crippen LogP contribution in [0.4, 0.5) is 0 Å². The second-order valence-electron chi connectivity index (χ2n) is 5.09. The summed E-state index contributed by atoms with van der Waals surface area (Å²) in [7, 11) is 0. The number of benzene rings is 1. The molecule has 0 spiro atoms. The van der Waals surface area contributed by atoms with Crippen molar-refractivity contribution in [1.29, 1.82) is 0 Å². The molecule has 1 aromatic heterocycles. The molecule has 0 aliphatic carbocycles. The summed E-state index contributed by atoms with van der Waals surface area (Å²) in [6.45, 7) is 3.56. The predicted molar refractivity (Wildman–Crippen MR) is 71.1 cm³/mol. The van der Waals surface area contributed by atoms with E-state index in [0.717, 1.165) is 18.4 Å². The van der Waals surface area contributed by atoms with Gasteiger partial charge in [0, 0.05) is 17.3 Å². The van der Waals surface area contributed by atoms with Crippen LogP contribution >= 0.6 is 11.6 Å². The molecule has 1 N–H and O–H groups in total. The number of ketones is 1. The van der Waals surface area contributed by atoms with Gasteiger partial charge in [-0.05, 0) is 25.1 Å². The Bertz CT molecular complexity index is 611. The van der Waals surface area contributed by atoms with Crippen LogP contribution in [0, 0.1) is 5.41 Å². The SMILES string of the molecule is CC1(C(=O)c2cc3cccc(Cl)c3o2)CCNC1. The lowest BCUT2D eigenvalue weighted by atomic mass is 9.84. The van der Waals surface area contributed by atoms with Gasteiger partial charge in [-0.3, -0.25) is 4.79 Å². The molecule has 1 saturated heterocycles. The first-order valence-corrected chi connectivity index (χ1v) is 6.41. The first-order valence-electron chi connectivity index (χ1n) is 6.04. The summed E-state index contributed by atoms with van der Waals surface area (Å²) in [6.07, 6.45) is 0.844. The number of nitrogens with one attached hydrogen (secondary N) is 1. The first kappa shape index (κ1) is 11.8. The summed E-state index contributed by atoms with van der Waals surface area (Å²) in [5.41, 5.74) is 0.234. The summed E-state index contributed by atoms with van der Waals surface area (Å²) >= 11 is 6.05. The molecule has 0 radical (unpaired) electrons. The van der Waals surface area contributed by atoms with Crippen LogP contribution < -0.4 is 5.32 Å². The molecule has 94 valence electrons. The number of fused-ring (bicyclic) bond motifs is 1. The Balaban J connectivity index is 2.04. The van der Waals surface area contributed by atoms with Crippen LogP contribution in [0.1, 0.15) is 23.9 Å². The Kier molecular flexibility index (Phi) is 2.68. The number of hydrogen-bond donors (Lipinski definition) is 1. The van der Waals surface area contributed by atoms with Crippen LogP contribution in [0.25, 0.3) is 11.0 Å². The Labute approximate surface area is 110 Å². The highest BCUT2D eigenvalue weighted by molar-refractivity contribution is 6.34. The zero-order chi connectivity index (χ0) is 12.8. The highest BCUT2D eigenvalue weighted by Crippen LogP contribution is 2.33. The lowest BCUT2D eigenvalue weighted by Crippen LogP contribution is -2.29. The van der Waals surface area contributed by atoms with Gasteiger partial charge in [-0.25, -0.2) is 0 Å². The number of halogens is 1. The zero-order valence-electron chi connectivity index (χ0n) is 10.1. The summed E-state index contributed by atoms with van der Waals surface area (Å²) in [5.74, 6) is 0.462. The van der Waals surface area contributed by atoms with Crippen molar-refractivity contribution in [3.63, 3.8) is 0 Å².